The summed E-state index contributed by atoms with van der Waals surface area (Å²) in [5.41, 5.74) is 0. The van der Waals surface area contributed by atoms with Crippen molar-refractivity contribution in [2.45, 2.75) is 32.2 Å². The van der Waals surface area contributed by atoms with Gasteiger partial charge < -0.3 is 19.7 Å². The molecule has 0 aromatic rings. The molecule has 1 aliphatic heterocycles. The number of nitrogens with zero attached hydrogens (tertiary/aromatic N) is 1. The zero-order valence-corrected chi connectivity index (χ0v) is 11.8. The molecule has 1 N–H and O–H groups in total. The molecule has 19 heavy (non-hydrogen) atoms. The van der Waals surface area contributed by atoms with Gasteiger partial charge in [-0.25, -0.2) is 0 Å². The molecule has 1 atom stereocenters. The highest BCUT2D eigenvalue weighted by molar-refractivity contribution is 5.89. The summed E-state index contributed by atoms with van der Waals surface area (Å²) in [6.45, 7) is 4.54. The van der Waals surface area contributed by atoms with Crippen molar-refractivity contribution in [3.05, 3.63) is 0 Å². The number of hydrogen-bond donors (Lipinski definition) is 1. The van der Waals surface area contributed by atoms with Crippen LogP contribution in [0.3, 0.4) is 0 Å². The van der Waals surface area contributed by atoms with Crippen molar-refractivity contribution in [1.82, 2.24) is 10.2 Å². The van der Waals surface area contributed by atoms with Gasteiger partial charge >= 0.3 is 0 Å². The Labute approximate surface area is 114 Å². The molecule has 0 aromatic heterocycles. The standard InChI is InChI=1S/C13H24N2O4/c1-3-4-11-13(17)15(6-5-12(16)14-11)7-8-19-10-9-18-2/h11H,3-10H2,1-2H3,(H,14,16). The molecule has 1 rings (SSSR count). The van der Waals surface area contributed by atoms with Gasteiger partial charge in [-0.05, 0) is 6.42 Å². The maximum absolute atomic E-state index is 12.2. The first-order valence-electron chi connectivity index (χ1n) is 6.83. The Morgan fingerprint density at radius 3 is 2.79 bits per heavy atom. The average molecular weight is 272 g/mol. The second-order valence-corrected chi connectivity index (χ2v) is 4.59. The maximum atomic E-state index is 12.2. The van der Waals surface area contributed by atoms with Crippen molar-refractivity contribution in [1.29, 1.82) is 0 Å². The van der Waals surface area contributed by atoms with Gasteiger partial charge in [-0.15, -0.1) is 0 Å². The topological polar surface area (TPSA) is 67.9 Å². The minimum atomic E-state index is -0.376. The van der Waals surface area contributed by atoms with E-state index in [0.717, 1.165) is 6.42 Å². The average Bonchev–Trinajstić information content (AvgIpc) is 2.52. The highest BCUT2D eigenvalue weighted by Gasteiger charge is 2.28. The molecule has 1 heterocycles. The van der Waals surface area contributed by atoms with E-state index in [1.807, 2.05) is 6.92 Å². The van der Waals surface area contributed by atoms with Crippen LogP contribution in [0.25, 0.3) is 0 Å². The lowest BCUT2D eigenvalue weighted by Crippen LogP contribution is -2.45. The van der Waals surface area contributed by atoms with Gasteiger partial charge in [0.2, 0.25) is 11.8 Å². The first kappa shape index (κ1) is 15.9. The lowest BCUT2D eigenvalue weighted by Gasteiger charge is -2.23. The van der Waals surface area contributed by atoms with Gasteiger partial charge in [0, 0.05) is 26.6 Å². The highest BCUT2D eigenvalue weighted by atomic mass is 16.5. The molecular weight excluding hydrogens is 248 g/mol. The number of methoxy groups -OCH3 is 1. The second kappa shape index (κ2) is 8.87. The Bertz CT molecular complexity index is 296. The molecule has 2 amide bonds. The quantitative estimate of drug-likeness (QED) is 0.639. The number of rotatable bonds is 8. The minimum Gasteiger partial charge on any atom is -0.382 e. The number of nitrogens with one attached hydrogen (secondary N) is 1. The number of hydrogen-bond acceptors (Lipinski definition) is 4. The zero-order chi connectivity index (χ0) is 14.1. The zero-order valence-electron chi connectivity index (χ0n) is 11.8. The first-order valence-corrected chi connectivity index (χ1v) is 6.83. The van der Waals surface area contributed by atoms with Gasteiger partial charge in [0.25, 0.3) is 0 Å². The van der Waals surface area contributed by atoms with Crippen molar-refractivity contribution >= 4 is 11.8 Å². The van der Waals surface area contributed by atoms with Crippen molar-refractivity contribution in [2.75, 3.05) is 40.0 Å². The van der Waals surface area contributed by atoms with E-state index < -0.39 is 0 Å². The number of ether oxygens (including phenoxy) is 2. The summed E-state index contributed by atoms with van der Waals surface area (Å²) in [6.07, 6.45) is 1.92. The molecule has 1 fully saturated rings. The molecule has 0 spiro atoms. The van der Waals surface area contributed by atoms with Crippen LogP contribution in [-0.2, 0) is 19.1 Å². The van der Waals surface area contributed by atoms with Gasteiger partial charge in [0.1, 0.15) is 6.04 Å². The number of amides is 2. The van der Waals surface area contributed by atoms with Gasteiger partial charge in [0.05, 0.1) is 19.8 Å². The monoisotopic (exact) mass is 272 g/mol. The summed E-state index contributed by atoms with van der Waals surface area (Å²) in [5.74, 6) is -0.0438. The van der Waals surface area contributed by atoms with Crippen LogP contribution in [0.15, 0.2) is 0 Å². The fourth-order valence-electron chi connectivity index (χ4n) is 2.02. The number of carbonyl (C=O) groups is 2. The molecule has 0 radical (unpaired) electrons. The van der Waals surface area contributed by atoms with Gasteiger partial charge in [-0.2, -0.15) is 0 Å². The van der Waals surface area contributed by atoms with E-state index in [-0.39, 0.29) is 17.9 Å². The lowest BCUT2D eigenvalue weighted by atomic mass is 10.1. The van der Waals surface area contributed by atoms with E-state index in [9.17, 15) is 9.59 Å². The summed E-state index contributed by atoms with van der Waals surface area (Å²) in [6, 6.07) is -0.376. The third-order valence-electron chi connectivity index (χ3n) is 3.07. The largest absolute Gasteiger partial charge is 0.382 e. The smallest absolute Gasteiger partial charge is 0.245 e. The first-order chi connectivity index (χ1) is 9.19. The van der Waals surface area contributed by atoms with E-state index >= 15 is 0 Å². The van der Waals surface area contributed by atoms with Crippen LogP contribution >= 0.6 is 0 Å². The third kappa shape index (κ3) is 5.57. The predicted octanol–water partition coefficient (Wildman–Crippen LogP) is 0.167. The van der Waals surface area contributed by atoms with Crippen molar-refractivity contribution in [2.24, 2.45) is 0 Å². The third-order valence-corrected chi connectivity index (χ3v) is 3.07. The second-order valence-electron chi connectivity index (χ2n) is 4.59. The summed E-state index contributed by atoms with van der Waals surface area (Å²) in [4.78, 5) is 25.5. The van der Waals surface area contributed by atoms with Crippen LogP contribution in [0, 0.1) is 0 Å². The normalized spacial score (nSPS) is 20.3. The fraction of sp³-hybridized carbons (Fsp3) is 0.846. The Morgan fingerprint density at radius 1 is 1.32 bits per heavy atom. The highest BCUT2D eigenvalue weighted by Crippen LogP contribution is 2.08. The van der Waals surface area contributed by atoms with Crippen molar-refractivity contribution in [3.8, 4) is 0 Å². The fourth-order valence-corrected chi connectivity index (χ4v) is 2.02. The summed E-state index contributed by atoms with van der Waals surface area (Å²) in [7, 11) is 1.62. The Balaban J connectivity index is 2.41. The molecule has 6 nitrogen and oxygen atoms in total. The Morgan fingerprint density at radius 2 is 2.11 bits per heavy atom. The van der Waals surface area contributed by atoms with Crippen LogP contribution in [0.2, 0.25) is 0 Å². The van der Waals surface area contributed by atoms with Crippen molar-refractivity contribution < 1.29 is 19.1 Å². The van der Waals surface area contributed by atoms with Crippen LogP contribution in [0.1, 0.15) is 26.2 Å². The molecule has 0 aromatic carbocycles. The molecule has 1 unspecified atom stereocenters. The van der Waals surface area contributed by atoms with Gasteiger partial charge in [-0.1, -0.05) is 13.3 Å². The molecule has 1 aliphatic rings. The van der Waals surface area contributed by atoms with Crippen molar-refractivity contribution in [3.63, 3.8) is 0 Å². The summed E-state index contributed by atoms with van der Waals surface area (Å²) in [5, 5.41) is 2.78. The molecule has 6 heteroatoms. The maximum Gasteiger partial charge on any atom is 0.245 e. The summed E-state index contributed by atoms with van der Waals surface area (Å²) < 4.78 is 10.2. The van der Waals surface area contributed by atoms with E-state index in [1.165, 1.54) is 0 Å². The molecule has 0 bridgehead atoms. The molecule has 0 aliphatic carbocycles. The lowest BCUT2D eigenvalue weighted by molar-refractivity contribution is -0.134. The SMILES string of the molecule is CCCC1NC(=O)CCN(CCOCCOC)C1=O. The van der Waals surface area contributed by atoms with Crippen LogP contribution in [0.5, 0.6) is 0 Å². The molecule has 110 valence electrons. The predicted molar refractivity (Wildman–Crippen MR) is 70.7 cm³/mol. The van der Waals surface area contributed by atoms with Crippen LogP contribution < -0.4 is 5.32 Å². The van der Waals surface area contributed by atoms with E-state index in [4.69, 9.17) is 9.47 Å². The molecule has 1 saturated heterocycles. The van der Waals surface area contributed by atoms with Crippen LogP contribution in [-0.4, -0.2) is 62.8 Å². The molecule has 0 saturated carbocycles. The number of carbonyl (C=O) groups excluding carboxylic acids is 2. The molecular formula is C13H24N2O4. The Hall–Kier alpha value is -1.14. The van der Waals surface area contributed by atoms with Gasteiger partial charge in [0.15, 0.2) is 0 Å². The Kier molecular flexibility index (Phi) is 7.43. The van der Waals surface area contributed by atoms with E-state index in [1.54, 1.807) is 12.0 Å². The van der Waals surface area contributed by atoms with E-state index in [2.05, 4.69) is 5.32 Å². The van der Waals surface area contributed by atoms with Gasteiger partial charge in [-0.3, -0.25) is 9.59 Å². The minimum absolute atomic E-state index is 0.00282. The summed E-state index contributed by atoms with van der Waals surface area (Å²) >= 11 is 0. The van der Waals surface area contributed by atoms with E-state index in [0.29, 0.717) is 45.8 Å². The van der Waals surface area contributed by atoms with Crippen LogP contribution in [0.4, 0.5) is 0 Å².